The van der Waals surface area contributed by atoms with Crippen LogP contribution in [0.25, 0.3) is 11.1 Å². The number of carbonyl (C=O) groups excluding carboxylic acids is 1. The summed E-state index contributed by atoms with van der Waals surface area (Å²) in [5.74, 6) is 0.305. The molecule has 0 amide bonds. The van der Waals surface area contributed by atoms with E-state index in [1.54, 1.807) is 0 Å². The lowest BCUT2D eigenvalue weighted by molar-refractivity contribution is -0.128. The van der Waals surface area contributed by atoms with Gasteiger partial charge in [-0.2, -0.15) is 0 Å². The van der Waals surface area contributed by atoms with Crippen LogP contribution in [-0.2, 0) is 11.2 Å². The average Bonchev–Trinajstić information content (AvgIpc) is 2.86. The summed E-state index contributed by atoms with van der Waals surface area (Å²) in [6.07, 6.45) is 21.1. The fraction of sp³-hybridized carbons (Fsp3) is 0.545. The van der Waals surface area contributed by atoms with Crippen molar-refractivity contribution < 1.29 is 9.53 Å². The molecule has 0 fully saturated rings. The predicted molar refractivity (Wildman–Crippen MR) is 151 cm³/mol. The lowest BCUT2D eigenvalue weighted by atomic mass is 9.94. The molecule has 0 radical (unpaired) electrons. The van der Waals surface area contributed by atoms with E-state index in [1.165, 1.54) is 101 Å². The second kappa shape index (κ2) is 17.1. The third kappa shape index (κ3) is 10.8. The first-order valence-corrected chi connectivity index (χ1v) is 14.1. The Morgan fingerprint density at radius 2 is 1.26 bits per heavy atom. The molecule has 0 atom stereocenters. The van der Waals surface area contributed by atoms with Gasteiger partial charge in [0.15, 0.2) is 0 Å². The minimum atomic E-state index is -0.397. The van der Waals surface area contributed by atoms with Crippen LogP contribution in [0.1, 0.15) is 114 Å². The van der Waals surface area contributed by atoms with Gasteiger partial charge in [0.2, 0.25) is 0 Å². The standard InChI is InChI=1S/C33H48O2/c1-5-7-8-9-10-11-12-13-14-15-16-17-18-19-20-30-28(4)23-26-31(33(30)35-32(34)6-2)29-24-21-27(3)22-25-29/h6,21-26H,2,5,7-20H2,1,3-4H3. The van der Waals surface area contributed by atoms with Gasteiger partial charge in [-0.15, -0.1) is 0 Å². The number of aryl methyl sites for hydroxylation is 2. The van der Waals surface area contributed by atoms with Crippen molar-refractivity contribution in [2.45, 2.75) is 117 Å². The van der Waals surface area contributed by atoms with Crippen molar-refractivity contribution in [3.05, 3.63) is 65.7 Å². The molecule has 0 spiro atoms. The minimum absolute atomic E-state index is 0.397. The highest BCUT2D eigenvalue weighted by molar-refractivity contribution is 5.86. The van der Waals surface area contributed by atoms with Gasteiger partial charge >= 0.3 is 5.97 Å². The lowest BCUT2D eigenvalue weighted by Gasteiger charge is -2.17. The van der Waals surface area contributed by atoms with Crippen LogP contribution >= 0.6 is 0 Å². The molecule has 0 N–H and O–H groups in total. The van der Waals surface area contributed by atoms with Crippen molar-refractivity contribution in [3.63, 3.8) is 0 Å². The van der Waals surface area contributed by atoms with E-state index in [0.717, 1.165) is 29.5 Å². The van der Waals surface area contributed by atoms with E-state index in [-0.39, 0.29) is 0 Å². The van der Waals surface area contributed by atoms with E-state index in [9.17, 15) is 4.79 Å². The molecule has 192 valence electrons. The van der Waals surface area contributed by atoms with Gasteiger partial charge in [0.05, 0.1) is 0 Å². The number of carbonyl (C=O) groups is 1. The summed E-state index contributed by atoms with van der Waals surface area (Å²) < 4.78 is 5.80. The quantitative estimate of drug-likeness (QED) is 0.0925. The van der Waals surface area contributed by atoms with Crippen molar-refractivity contribution in [1.82, 2.24) is 0 Å². The molecule has 2 nitrogen and oxygen atoms in total. The van der Waals surface area contributed by atoms with Crippen LogP contribution < -0.4 is 4.74 Å². The highest BCUT2D eigenvalue weighted by Crippen LogP contribution is 2.36. The second-order valence-electron chi connectivity index (χ2n) is 10.1. The molecule has 0 heterocycles. The zero-order chi connectivity index (χ0) is 25.3. The average molecular weight is 477 g/mol. The maximum Gasteiger partial charge on any atom is 0.335 e. The molecular formula is C33H48O2. The van der Waals surface area contributed by atoms with E-state index in [4.69, 9.17) is 4.74 Å². The topological polar surface area (TPSA) is 26.3 Å². The number of benzene rings is 2. The van der Waals surface area contributed by atoms with Crippen LogP contribution in [0.3, 0.4) is 0 Å². The first-order chi connectivity index (χ1) is 17.1. The number of ether oxygens (including phenoxy) is 1. The van der Waals surface area contributed by atoms with Crippen molar-refractivity contribution in [2.75, 3.05) is 0 Å². The number of hydrogen-bond donors (Lipinski definition) is 0. The van der Waals surface area contributed by atoms with Crippen molar-refractivity contribution in [2.24, 2.45) is 0 Å². The molecule has 0 saturated carbocycles. The molecular weight excluding hydrogens is 428 g/mol. The zero-order valence-electron chi connectivity index (χ0n) is 22.7. The van der Waals surface area contributed by atoms with Gasteiger partial charge in [0, 0.05) is 11.6 Å². The molecule has 0 unspecified atom stereocenters. The SMILES string of the molecule is C=CC(=O)Oc1c(-c2ccc(C)cc2)ccc(C)c1CCCCCCCCCCCCCCCC. The van der Waals surface area contributed by atoms with Gasteiger partial charge in [-0.3, -0.25) is 0 Å². The highest BCUT2D eigenvalue weighted by Gasteiger charge is 2.16. The molecule has 0 aliphatic rings. The van der Waals surface area contributed by atoms with E-state index in [2.05, 4.69) is 63.7 Å². The van der Waals surface area contributed by atoms with E-state index in [1.807, 2.05) is 0 Å². The Morgan fingerprint density at radius 1 is 0.743 bits per heavy atom. The molecule has 0 aliphatic heterocycles. The Kier molecular flexibility index (Phi) is 14.1. The largest absolute Gasteiger partial charge is 0.422 e. The Balaban J connectivity index is 1.79. The first-order valence-electron chi connectivity index (χ1n) is 14.1. The van der Waals surface area contributed by atoms with E-state index >= 15 is 0 Å². The maximum absolute atomic E-state index is 12.1. The maximum atomic E-state index is 12.1. The summed E-state index contributed by atoms with van der Waals surface area (Å²) in [5.41, 5.74) is 5.60. The first kappa shape index (κ1) is 28.9. The van der Waals surface area contributed by atoms with Gasteiger partial charge in [-0.25, -0.2) is 4.79 Å². The summed E-state index contributed by atoms with van der Waals surface area (Å²) in [5, 5.41) is 0. The summed E-state index contributed by atoms with van der Waals surface area (Å²) in [6, 6.07) is 12.6. The van der Waals surface area contributed by atoms with Gasteiger partial charge in [-0.1, -0.05) is 139 Å². The Labute approximate surface area is 215 Å². The third-order valence-electron chi connectivity index (χ3n) is 7.01. The van der Waals surface area contributed by atoms with Crippen LogP contribution in [0.5, 0.6) is 5.75 Å². The molecule has 0 bridgehead atoms. The number of unbranched alkanes of at least 4 members (excludes halogenated alkanes) is 13. The summed E-state index contributed by atoms with van der Waals surface area (Å²) >= 11 is 0. The predicted octanol–water partition coefficient (Wildman–Crippen LogP) is 10.1. The fourth-order valence-corrected chi connectivity index (χ4v) is 4.75. The second-order valence-corrected chi connectivity index (χ2v) is 10.1. The zero-order valence-corrected chi connectivity index (χ0v) is 22.7. The monoisotopic (exact) mass is 476 g/mol. The van der Waals surface area contributed by atoms with Crippen molar-refractivity contribution in [1.29, 1.82) is 0 Å². The van der Waals surface area contributed by atoms with Crippen molar-refractivity contribution in [3.8, 4) is 16.9 Å². The van der Waals surface area contributed by atoms with Crippen molar-refractivity contribution >= 4 is 5.97 Å². The van der Waals surface area contributed by atoms with E-state index < -0.39 is 5.97 Å². The molecule has 2 rings (SSSR count). The van der Waals surface area contributed by atoms with Crippen LogP contribution in [0.15, 0.2) is 49.1 Å². The molecule has 2 aromatic carbocycles. The molecule has 35 heavy (non-hydrogen) atoms. The Morgan fingerprint density at radius 3 is 1.77 bits per heavy atom. The van der Waals surface area contributed by atoms with Crippen LogP contribution in [-0.4, -0.2) is 5.97 Å². The lowest BCUT2D eigenvalue weighted by Crippen LogP contribution is -2.08. The Bertz CT molecular complexity index is 879. The smallest absolute Gasteiger partial charge is 0.335 e. The number of esters is 1. The third-order valence-corrected chi connectivity index (χ3v) is 7.01. The van der Waals surface area contributed by atoms with Crippen LogP contribution in [0.4, 0.5) is 0 Å². The summed E-state index contributed by atoms with van der Waals surface area (Å²) in [4.78, 5) is 12.1. The van der Waals surface area contributed by atoms with Gasteiger partial charge in [0.25, 0.3) is 0 Å². The van der Waals surface area contributed by atoms with Gasteiger partial charge in [-0.05, 0) is 43.4 Å². The van der Waals surface area contributed by atoms with Crippen LogP contribution in [0.2, 0.25) is 0 Å². The summed E-state index contributed by atoms with van der Waals surface area (Å²) in [7, 11) is 0. The highest BCUT2D eigenvalue weighted by atomic mass is 16.5. The molecule has 0 aliphatic carbocycles. The normalized spacial score (nSPS) is 10.9. The Hall–Kier alpha value is -2.35. The molecule has 2 heteroatoms. The van der Waals surface area contributed by atoms with E-state index in [0.29, 0.717) is 5.75 Å². The fourth-order valence-electron chi connectivity index (χ4n) is 4.75. The van der Waals surface area contributed by atoms with Crippen LogP contribution in [0, 0.1) is 13.8 Å². The minimum Gasteiger partial charge on any atom is -0.422 e. The molecule has 0 saturated heterocycles. The van der Waals surface area contributed by atoms with Gasteiger partial charge in [0.1, 0.15) is 5.75 Å². The molecule has 2 aromatic rings. The van der Waals surface area contributed by atoms with Gasteiger partial charge < -0.3 is 4.74 Å². The summed E-state index contributed by atoms with van der Waals surface area (Å²) in [6.45, 7) is 10.1. The molecule has 0 aromatic heterocycles. The number of rotatable bonds is 18. The number of hydrogen-bond acceptors (Lipinski definition) is 2.